The molecule has 1 N–H and O–H groups in total. The molecule has 0 aromatic carbocycles. The van der Waals surface area contributed by atoms with Gasteiger partial charge in [0.25, 0.3) is 0 Å². The molecule has 0 spiro atoms. The lowest BCUT2D eigenvalue weighted by Gasteiger charge is -2.35. The van der Waals surface area contributed by atoms with Gasteiger partial charge in [0.15, 0.2) is 0 Å². The van der Waals surface area contributed by atoms with Crippen molar-refractivity contribution in [3.05, 3.63) is 22.4 Å². The number of amides is 2. The van der Waals surface area contributed by atoms with E-state index in [0.29, 0.717) is 25.0 Å². The van der Waals surface area contributed by atoms with Crippen molar-refractivity contribution in [3.8, 4) is 0 Å². The van der Waals surface area contributed by atoms with E-state index in [-0.39, 0.29) is 18.2 Å². The lowest BCUT2D eigenvalue weighted by Crippen LogP contribution is -2.52. The zero-order valence-electron chi connectivity index (χ0n) is 11.3. The third-order valence-electron chi connectivity index (χ3n) is 3.78. The Morgan fingerprint density at radius 3 is 2.79 bits per heavy atom. The molecule has 1 aliphatic heterocycles. The standard InChI is InChI=1S/C14H20N2O2S/c1-9-6-16(7-10(2)18-9)14(17)15-13-5-12(13)11-3-4-19-8-11/h3-4,8-10,12-13H,5-7H2,1-2H3,(H,15,17)/t9-,10+,12-,13+/m0/s1. The Balaban J connectivity index is 1.52. The second-order valence-electron chi connectivity index (χ2n) is 5.62. The summed E-state index contributed by atoms with van der Waals surface area (Å²) in [4.78, 5) is 14.1. The van der Waals surface area contributed by atoms with Crippen molar-refractivity contribution in [1.82, 2.24) is 10.2 Å². The molecule has 2 heterocycles. The first-order chi connectivity index (χ1) is 9.13. The molecule has 104 valence electrons. The highest BCUT2D eigenvalue weighted by Gasteiger charge is 2.41. The van der Waals surface area contributed by atoms with Gasteiger partial charge < -0.3 is 15.0 Å². The van der Waals surface area contributed by atoms with Gasteiger partial charge in [0.05, 0.1) is 12.2 Å². The summed E-state index contributed by atoms with van der Waals surface area (Å²) in [5.74, 6) is 0.520. The number of nitrogens with zero attached hydrogens (tertiary/aromatic N) is 1. The summed E-state index contributed by atoms with van der Waals surface area (Å²) in [5.41, 5.74) is 1.36. The normalized spacial score (nSPS) is 34.1. The Hall–Kier alpha value is -1.07. The summed E-state index contributed by atoms with van der Waals surface area (Å²) >= 11 is 1.72. The lowest BCUT2D eigenvalue weighted by molar-refractivity contribution is -0.0545. The van der Waals surface area contributed by atoms with E-state index in [2.05, 4.69) is 22.1 Å². The molecule has 2 amide bonds. The van der Waals surface area contributed by atoms with E-state index in [0.717, 1.165) is 6.42 Å². The summed E-state index contributed by atoms with van der Waals surface area (Å²) in [6.45, 7) is 5.40. The Morgan fingerprint density at radius 2 is 2.16 bits per heavy atom. The third kappa shape index (κ3) is 2.92. The van der Waals surface area contributed by atoms with E-state index in [4.69, 9.17) is 4.74 Å². The average molecular weight is 280 g/mol. The molecule has 2 aliphatic rings. The largest absolute Gasteiger partial charge is 0.372 e. The van der Waals surface area contributed by atoms with Crippen LogP contribution >= 0.6 is 11.3 Å². The smallest absolute Gasteiger partial charge is 0.317 e. The predicted octanol–water partition coefficient (Wildman–Crippen LogP) is 2.42. The summed E-state index contributed by atoms with van der Waals surface area (Å²) in [5, 5.41) is 7.41. The zero-order chi connectivity index (χ0) is 13.4. The first-order valence-corrected chi connectivity index (χ1v) is 7.80. The number of nitrogens with one attached hydrogen (secondary N) is 1. The molecule has 0 bridgehead atoms. The van der Waals surface area contributed by atoms with E-state index in [1.54, 1.807) is 11.3 Å². The van der Waals surface area contributed by atoms with Crippen molar-refractivity contribution >= 4 is 17.4 Å². The number of urea groups is 1. The highest BCUT2D eigenvalue weighted by atomic mass is 32.1. The Bertz CT molecular complexity index is 438. The molecule has 1 saturated carbocycles. The second-order valence-corrected chi connectivity index (χ2v) is 6.40. The Labute approximate surface area is 117 Å². The van der Waals surface area contributed by atoms with Crippen LogP contribution in [0.25, 0.3) is 0 Å². The van der Waals surface area contributed by atoms with Crippen LogP contribution in [-0.4, -0.2) is 42.3 Å². The fourth-order valence-corrected chi connectivity index (χ4v) is 3.53. The van der Waals surface area contributed by atoms with E-state index < -0.39 is 0 Å². The summed E-state index contributed by atoms with van der Waals surface area (Å²) in [6.07, 6.45) is 1.32. The van der Waals surface area contributed by atoms with E-state index >= 15 is 0 Å². The average Bonchev–Trinajstić information content (AvgIpc) is 2.89. The van der Waals surface area contributed by atoms with Crippen molar-refractivity contribution in [3.63, 3.8) is 0 Å². The van der Waals surface area contributed by atoms with Crippen LogP contribution in [0.3, 0.4) is 0 Å². The van der Waals surface area contributed by atoms with Crippen molar-refractivity contribution in [1.29, 1.82) is 0 Å². The van der Waals surface area contributed by atoms with Crippen LogP contribution in [-0.2, 0) is 4.74 Å². The fraction of sp³-hybridized carbons (Fsp3) is 0.643. The number of thiophene rings is 1. The van der Waals surface area contributed by atoms with Crippen molar-refractivity contribution in [2.75, 3.05) is 13.1 Å². The molecule has 1 aromatic rings. The van der Waals surface area contributed by atoms with Gasteiger partial charge in [-0.25, -0.2) is 4.79 Å². The number of carbonyl (C=O) groups excluding carboxylic acids is 1. The molecule has 4 atom stereocenters. The molecule has 2 fully saturated rings. The van der Waals surface area contributed by atoms with Crippen LogP contribution in [0.15, 0.2) is 16.8 Å². The number of hydrogen-bond donors (Lipinski definition) is 1. The van der Waals surface area contributed by atoms with Gasteiger partial charge in [-0.3, -0.25) is 0 Å². The maximum atomic E-state index is 12.2. The maximum absolute atomic E-state index is 12.2. The number of hydrogen-bond acceptors (Lipinski definition) is 3. The van der Waals surface area contributed by atoms with Crippen molar-refractivity contribution < 1.29 is 9.53 Å². The van der Waals surface area contributed by atoms with Gasteiger partial charge in [-0.05, 0) is 42.7 Å². The Kier molecular flexibility index (Phi) is 3.50. The minimum absolute atomic E-state index is 0.0599. The predicted molar refractivity (Wildman–Crippen MR) is 75.6 cm³/mol. The highest BCUT2D eigenvalue weighted by Crippen LogP contribution is 2.41. The molecule has 1 saturated heterocycles. The van der Waals surface area contributed by atoms with E-state index in [1.165, 1.54) is 5.56 Å². The van der Waals surface area contributed by atoms with Crippen LogP contribution in [0.5, 0.6) is 0 Å². The first-order valence-electron chi connectivity index (χ1n) is 6.86. The van der Waals surface area contributed by atoms with Crippen LogP contribution in [0.2, 0.25) is 0 Å². The number of ether oxygens (including phenoxy) is 1. The molecular formula is C14H20N2O2S. The van der Waals surface area contributed by atoms with Gasteiger partial charge in [0.1, 0.15) is 0 Å². The third-order valence-corrected chi connectivity index (χ3v) is 4.48. The Morgan fingerprint density at radius 1 is 1.42 bits per heavy atom. The van der Waals surface area contributed by atoms with Crippen LogP contribution in [0, 0.1) is 0 Å². The minimum atomic E-state index is 0.0599. The van der Waals surface area contributed by atoms with Crippen molar-refractivity contribution in [2.24, 2.45) is 0 Å². The van der Waals surface area contributed by atoms with Crippen LogP contribution in [0.1, 0.15) is 31.7 Å². The van der Waals surface area contributed by atoms with Gasteiger partial charge in [-0.1, -0.05) is 0 Å². The topological polar surface area (TPSA) is 41.6 Å². The fourth-order valence-electron chi connectivity index (χ4n) is 2.80. The number of rotatable bonds is 2. The SMILES string of the molecule is C[C@@H]1CN(C(=O)N[C@@H]2C[C@H]2c2ccsc2)C[C@H](C)O1. The molecule has 4 nitrogen and oxygen atoms in total. The van der Waals surface area contributed by atoms with Crippen molar-refractivity contribution in [2.45, 2.75) is 44.4 Å². The monoisotopic (exact) mass is 280 g/mol. The zero-order valence-corrected chi connectivity index (χ0v) is 12.2. The molecule has 1 aromatic heterocycles. The van der Waals surface area contributed by atoms with Crippen LogP contribution in [0.4, 0.5) is 4.79 Å². The van der Waals surface area contributed by atoms with Crippen LogP contribution < -0.4 is 5.32 Å². The molecular weight excluding hydrogens is 260 g/mol. The second kappa shape index (κ2) is 5.13. The minimum Gasteiger partial charge on any atom is -0.372 e. The highest BCUT2D eigenvalue weighted by molar-refractivity contribution is 7.08. The molecule has 3 rings (SSSR count). The first kappa shape index (κ1) is 12.9. The quantitative estimate of drug-likeness (QED) is 0.904. The van der Waals surface area contributed by atoms with Gasteiger partial charge in [-0.15, -0.1) is 0 Å². The molecule has 19 heavy (non-hydrogen) atoms. The number of morpholine rings is 1. The molecule has 0 unspecified atom stereocenters. The summed E-state index contributed by atoms with van der Waals surface area (Å²) < 4.78 is 5.65. The van der Waals surface area contributed by atoms with E-state index in [9.17, 15) is 4.79 Å². The number of carbonyl (C=O) groups is 1. The van der Waals surface area contributed by atoms with Gasteiger partial charge in [0.2, 0.25) is 0 Å². The lowest BCUT2D eigenvalue weighted by atomic mass is 10.2. The summed E-state index contributed by atoms with van der Waals surface area (Å²) in [7, 11) is 0. The molecule has 0 radical (unpaired) electrons. The van der Waals surface area contributed by atoms with E-state index in [1.807, 2.05) is 18.7 Å². The van der Waals surface area contributed by atoms with Gasteiger partial charge in [-0.2, -0.15) is 11.3 Å². The maximum Gasteiger partial charge on any atom is 0.317 e. The summed E-state index contributed by atoms with van der Waals surface area (Å²) in [6, 6.07) is 2.53. The molecule has 1 aliphatic carbocycles. The van der Waals surface area contributed by atoms with Gasteiger partial charge in [0, 0.05) is 25.0 Å². The molecule has 5 heteroatoms. The van der Waals surface area contributed by atoms with Gasteiger partial charge >= 0.3 is 6.03 Å².